The number of thiocarbonyl (C=S) groups is 1. The predicted octanol–water partition coefficient (Wildman–Crippen LogP) is 2.25. The molecule has 0 unspecified atom stereocenters. The highest BCUT2D eigenvalue weighted by Gasteiger charge is 2.37. The monoisotopic (exact) mass is 285 g/mol. The first-order chi connectivity index (χ1) is 8.96. The van der Waals surface area contributed by atoms with E-state index in [-0.39, 0.29) is 24.8 Å². The highest BCUT2D eigenvalue weighted by Crippen LogP contribution is 2.39. The molecule has 0 bridgehead atoms. The molecule has 1 aromatic rings. The Morgan fingerprint density at radius 3 is 2.79 bits per heavy atom. The van der Waals surface area contributed by atoms with Gasteiger partial charge >= 0.3 is 0 Å². The van der Waals surface area contributed by atoms with Crippen LogP contribution >= 0.6 is 12.2 Å². The molecule has 0 saturated heterocycles. The van der Waals surface area contributed by atoms with Gasteiger partial charge in [-0.3, -0.25) is 9.48 Å². The molecule has 0 spiro atoms. The maximum atomic E-state index is 13.2. The van der Waals surface area contributed by atoms with E-state index in [9.17, 15) is 13.6 Å². The fourth-order valence-electron chi connectivity index (χ4n) is 2.73. The molecule has 1 aliphatic carbocycles. The van der Waals surface area contributed by atoms with Gasteiger partial charge in [-0.1, -0.05) is 12.2 Å². The summed E-state index contributed by atoms with van der Waals surface area (Å²) in [4.78, 5) is 12.2. The van der Waals surface area contributed by atoms with Crippen molar-refractivity contribution in [1.82, 2.24) is 15.1 Å². The standard InChI is InChI=1S/C12H13F2N3OS/c13-12(14)3-1-7(2-4-12)17-9-5-10(19)16-11(18)8(9)6-15-17/h6-7H,1-5H2,(H,16,18,19). The zero-order chi connectivity index (χ0) is 13.6. The van der Waals surface area contributed by atoms with Gasteiger partial charge in [0.2, 0.25) is 5.92 Å². The molecule has 4 nitrogen and oxygen atoms in total. The Balaban J connectivity index is 1.87. The van der Waals surface area contributed by atoms with Gasteiger partial charge in [0.25, 0.3) is 5.91 Å². The third kappa shape index (κ3) is 2.27. The Kier molecular flexibility index (Phi) is 2.88. The van der Waals surface area contributed by atoms with Crippen molar-refractivity contribution in [3.05, 3.63) is 17.5 Å². The van der Waals surface area contributed by atoms with Crippen LogP contribution in [-0.2, 0) is 6.42 Å². The average molecular weight is 285 g/mol. The van der Waals surface area contributed by atoms with E-state index in [1.807, 2.05) is 0 Å². The normalized spacial score (nSPS) is 23.1. The van der Waals surface area contributed by atoms with Crippen LogP contribution in [0.2, 0.25) is 0 Å². The lowest BCUT2D eigenvalue weighted by atomic mass is 9.92. The molecule has 1 N–H and O–H groups in total. The number of rotatable bonds is 1. The van der Waals surface area contributed by atoms with Crippen LogP contribution < -0.4 is 5.32 Å². The van der Waals surface area contributed by atoms with Crippen molar-refractivity contribution < 1.29 is 13.6 Å². The van der Waals surface area contributed by atoms with E-state index in [1.54, 1.807) is 4.68 Å². The first-order valence-corrected chi connectivity index (χ1v) is 6.65. The highest BCUT2D eigenvalue weighted by atomic mass is 32.1. The summed E-state index contributed by atoms with van der Waals surface area (Å²) in [5.74, 6) is -2.81. The van der Waals surface area contributed by atoms with E-state index in [2.05, 4.69) is 10.4 Å². The lowest BCUT2D eigenvalue weighted by molar-refractivity contribution is -0.0452. The van der Waals surface area contributed by atoms with E-state index in [0.29, 0.717) is 29.8 Å². The molecule has 0 radical (unpaired) electrons. The minimum atomic E-state index is -2.56. The van der Waals surface area contributed by atoms with Crippen LogP contribution in [0.5, 0.6) is 0 Å². The predicted molar refractivity (Wildman–Crippen MR) is 68.4 cm³/mol. The van der Waals surface area contributed by atoms with Gasteiger partial charge in [0, 0.05) is 19.3 Å². The van der Waals surface area contributed by atoms with E-state index >= 15 is 0 Å². The van der Waals surface area contributed by atoms with E-state index in [0.717, 1.165) is 5.69 Å². The first kappa shape index (κ1) is 12.7. The summed E-state index contributed by atoms with van der Waals surface area (Å²) in [6.45, 7) is 0. The van der Waals surface area contributed by atoms with Gasteiger partial charge in [-0.15, -0.1) is 0 Å². The second-order valence-corrected chi connectivity index (χ2v) is 5.58. The average Bonchev–Trinajstić information content (AvgIpc) is 2.73. The molecule has 2 aliphatic rings. The van der Waals surface area contributed by atoms with Gasteiger partial charge in [-0.25, -0.2) is 8.78 Å². The van der Waals surface area contributed by atoms with Gasteiger partial charge in [-0.2, -0.15) is 5.10 Å². The smallest absolute Gasteiger partial charge is 0.259 e. The Labute approximate surface area is 114 Å². The van der Waals surface area contributed by atoms with Gasteiger partial charge in [0.05, 0.1) is 28.5 Å². The van der Waals surface area contributed by atoms with E-state index < -0.39 is 5.92 Å². The topological polar surface area (TPSA) is 46.9 Å². The van der Waals surface area contributed by atoms with Crippen molar-refractivity contribution in [2.75, 3.05) is 0 Å². The Bertz CT molecular complexity index is 545. The SMILES string of the molecule is O=C1NC(=S)Cc2c1cnn2C1CCC(F)(F)CC1. The van der Waals surface area contributed by atoms with Crippen molar-refractivity contribution in [3.8, 4) is 0 Å². The number of carbonyl (C=O) groups excluding carboxylic acids is 1. The summed E-state index contributed by atoms with van der Waals surface area (Å²) in [5.41, 5.74) is 1.26. The van der Waals surface area contributed by atoms with Gasteiger partial charge < -0.3 is 5.32 Å². The van der Waals surface area contributed by atoms with Crippen LogP contribution in [0, 0.1) is 0 Å². The molecule has 1 saturated carbocycles. The zero-order valence-corrected chi connectivity index (χ0v) is 11.0. The molecule has 1 amide bonds. The molecule has 0 atom stereocenters. The summed E-state index contributed by atoms with van der Waals surface area (Å²) in [6, 6.07) is -0.0583. The third-order valence-corrected chi connectivity index (χ3v) is 4.00. The molecule has 19 heavy (non-hydrogen) atoms. The first-order valence-electron chi connectivity index (χ1n) is 6.25. The minimum Gasteiger partial charge on any atom is -0.316 e. The highest BCUT2D eigenvalue weighted by molar-refractivity contribution is 7.80. The van der Waals surface area contributed by atoms with Crippen LogP contribution in [0.15, 0.2) is 6.20 Å². The van der Waals surface area contributed by atoms with Crippen molar-refractivity contribution in [1.29, 1.82) is 0 Å². The summed E-state index contributed by atoms with van der Waals surface area (Å²) < 4.78 is 28.1. The number of amides is 1. The molecule has 2 heterocycles. The molecule has 7 heteroatoms. The summed E-state index contributed by atoms with van der Waals surface area (Å²) in [7, 11) is 0. The third-order valence-electron chi connectivity index (χ3n) is 3.76. The van der Waals surface area contributed by atoms with Crippen LogP contribution in [-0.4, -0.2) is 26.6 Å². The van der Waals surface area contributed by atoms with E-state index in [1.165, 1.54) is 6.20 Å². The van der Waals surface area contributed by atoms with Crippen molar-refractivity contribution in [2.45, 2.75) is 44.1 Å². The van der Waals surface area contributed by atoms with Gasteiger partial charge in [0.1, 0.15) is 0 Å². The fraction of sp³-hybridized carbons (Fsp3) is 0.583. The van der Waals surface area contributed by atoms with E-state index in [4.69, 9.17) is 12.2 Å². The molecule has 1 aliphatic heterocycles. The number of halogens is 2. The van der Waals surface area contributed by atoms with Crippen LogP contribution in [0.1, 0.15) is 47.8 Å². The number of alkyl halides is 2. The summed E-state index contributed by atoms with van der Waals surface area (Å²) in [6.07, 6.45) is 2.47. The Hall–Kier alpha value is -1.37. The van der Waals surface area contributed by atoms with Crippen molar-refractivity contribution >= 4 is 23.1 Å². The second-order valence-electron chi connectivity index (χ2n) is 5.09. The summed E-state index contributed by atoms with van der Waals surface area (Å²) in [5, 5.41) is 6.79. The number of nitrogens with zero attached hydrogens (tertiary/aromatic N) is 2. The maximum absolute atomic E-state index is 13.2. The second kappa shape index (κ2) is 4.33. The largest absolute Gasteiger partial charge is 0.316 e. The molecule has 0 aromatic carbocycles. The number of hydrogen-bond donors (Lipinski definition) is 1. The zero-order valence-electron chi connectivity index (χ0n) is 10.2. The van der Waals surface area contributed by atoms with Gasteiger partial charge in [-0.05, 0) is 12.8 Å². The fourth-order valence-corrected chi connectivity index (χ4v) is 2.96. The number of nitrogens with one attached hydrogen (secondary N) is 1. The molecular formula is C12H13F2N3OS. The Morgan fingerprint density at radius 2 is 2.11 bits per heavy atom. The quantitative estimate of drug-likeness (QED) is 0.805. The molecule has 1 aromatic heterocycles. The van der Waals surface area contributed by atoms with Crippen molar-refractivity contribution in [3.63, 3.8) is 0 Å². The van der Waals surface area contributed by atoms with Crippen LogP contribution in [0.25, 0.3) is 0 Å². The summed E-state index contributed by atoms with van der Waals surface area (Å²) >= 11 is 5.03. The molecule has 102 valence electrons. The molecule has 3 rings (SSSR count). The van der Waals surface area contributed by atoms with Gasteiger partial charge in [0.15, 0.2) is 0 Å². The van der Waals surface area contributed by atoms with Crippen molar-refractivity contribution in [2.24, 2.45) is 0 Å². The molecule has 1 fully saturated rings. The number of hydrogen-bond acceptors (Lipinski definition) is 3. The number of aromatic nitrogens is 2. The van der Waals surface area contributed by atoms with Crippen LogP contribution in [0.3, 0.4) is 0 Å². The minimum absolute atomic E-state index is 0.0583. The molecular weight excluding hydrogens is 272 g/mol. The Morgan fingerprint density at radius 1 is 1.42 bits per heavy atom. The number of fused-ring (bicyclic) bond motifs is 1. The lowest BCUT2D eigenvalue weighted by Gasteiger charge is -2.30. The lowest BCUT2D eigenvalue weighted by Crippen LogP contribution is -2.37. The number of carbonyl (C=O) groups is 1. The van der Waals surface area contributed by atoms with Crippen LogP contribution in [0.4, 0.5) is 8.78 Å². The maximum Gasteiger partial charge on any atom is 0.259 e.